The lowest BCUT2D eigenvalue weighted by molar-refractivity contribution is 0.586. The number of nitrogens with two attached hydrogens (primary N) is 1. The van der Waals surface area contributed by atoms with Crippen molar-refractivity contribution in [1.29, 1.82) is 0 Å². The highest BCUT2D eigenvalue weighted by Crippen LogP contribution is 2.28. The summed E-state index contributed by atoms with van der Waals surface area (Å²) >= 11 is 7.80. The summed E-state index contributed by atoms with van der Waals surface area (Å²) in [6, 6.07) is -0.130. The highest BCUT2D eigenvalue weighted by atomic mass is 35.5. The quantitative estimate of drug-likeness (QED) is 0.890. The zero-order valence-electron chi connectivity index (χ0n) is 12.1. The molecule has 5 nitrogen and oxygen atoms in total. The molecular weight excluding hydrogens is 294 g/mol. The number of hydrogen-bond acceptors (Lipinski definition) is 5. The summed E-state index contributed by atoms with van der Waals surface area (Å²) in [6.07, 6.45) is 2.34. The van der Waals surface area contributed by atoms with Crippen molar-refractivity contribution >= 4 is 23.1 Å². The Hall–Kier alpha value is -0.980. The lowest BCUT2D eigenvalue weighted by Gasteiger charge is -2.12. The van der Waals surface area contributed by atoms with Gasteiger partial charge in [0.1, 0.15) is 0 Å². The highest BCUT2D eigenvalue weighted by Gasteiger charge is 2.21. The first-order valence-electron chi connectivity index (χ1n) is 6.92. The first kappa shape index (κ1) is 15.4. The van der Waals surface area contributed by atoms with Crippen LogP contribution >= 0.6 is 23.1 Å². The maximum Gasteiger partial charge on any atom is 0.0850 e. The number of nitrogens with zero attached hydrogens (tertiary/aromatic N) is 4. The smallest absolute Gasteiger partial charge is 0.0850 e. The van der Waals surface area contributed by atoms with Crippen LogP contribution in [0, 0.1) is 0 Å². The Balaban J connectivity index is 2.27. The average Bonchev–Trinajstić information content (AvgIpc) is 3.04. The summed E-state index contributed by atoms with van der Waals surface area (Å²) in [7, 11) is 0. The molecule has 0 spiro atoms. The standard InChI is InChI=1S/C13H20ClN5S/c1-4-9-12(14)11(19(6-3)17-9)7-8(15)13-10(5-2)16-18-20-13/h8H,4-7,15H2,1-3H3. The Morgan fingerprint density at radius 1 is 1.25 bits per heavy atom. The minimum atomic E-state index is -0.130. The topological polar surface area (TPSA) is 69.6 Å². The van der Waals surface area contributed by atoms with Crippen LogP contribution in [0.4, 0.5) is 0 Å². The van der Waals surface area contributed by atoms with Crippen molar-refractivity contribution in [3.8, 4) is 0 Å². The predicted molar refractivity (Wildman–Crippen MR) is 82.2 cm³/mol. The van der Waals surface area contributed by atoms with Crippen LogP contribution in [0.1, 0.15) is 48.8 Å². The monoisotopic (exact) mass is 313 g/mol. The van der Waals surface area contributed by atoms with Gasteiger partial charge in [0, 0.05) is 19.0 Å². The van der Waals surface area contributed by atoms with Crippen LogP contribution in [0.3, 0.4) is 0 Å². The van der Waals surface area contributed by atoms with Crippen LogP contribution in [0.5, 0.6) is 0 Å². The number of halogens is 1. The molecule has 2 rings (SSSR count). The molecule has 0 amide bonds. The summed E-state index contributed by atoms with van der Waals surface area (Å²) in [5.74, 6) is 0. The van der Waals surface area contributed by atoms with Gasteiger partial charge in [-0.15, -0.1) is 5.10 Å². The van der Waals surface area contributed by atoms with Gasteiger partial charge in [-0.25, -0.2) is 0 Å². The summed E-state index contributed by atoms with van der Waals surface area (Å²) in [4.78, 5) is 1.05. The lowest BCUT2D eigenvalue weighted by Crippen LogP contribution is -2.16. The SMILES string of the molecule is CCc1nnsc1C(N)Cc1c(Cl)c(CC)nn1CC. The fourth-order valence-corrected chi connectivity index (χ4v) is 3.34. The summed E-state index contributed by atoms with van der Waals surface area (Å²) in [5.41, 5.74) is 9.25. The van der Waals surface area contributed by atoms with Crippen molar-refractivity contribution < 1.29 is 0 Å². The highest BCUT2D eigenvalue weighted by molar-refractivity contribution is 7.05. The third kappa shape index (κ3) is 2.87. The fraction of sp³-hybridized carbons (Fsp3) is 0.615. The van der Waals surface area contributed by atoms with Gasteiger partial charge in [0.25, 0.3) is 0 Å². The van der Waals surface area contributed by atoms with E-state index in [0.717, 1.165) is 46.4 Å². The molecule has 2 N–H and O–H groups in total. The van der Waals surface area contributed by atoms with Crippen LogP contribution in [0.15, 0.2) is 0 Å². The minimum absolute atomic E-state index is 0.130. The molecule has 2 heterocycles. The molecule has 0 saturated heterocycles. The van der Waals surface area contributed by atoms with Crippen LogP contribution in [-0.2, 0) is 25.8 Å². The van der Waals surface area contributed by atoms with Gasteiger partial charge < -0.3 is 5.73 Å². The van der Waals surface area contributed by atoms with E-state index in [4.69, 9.17) is 17.3 Å². The van der Waals surface area contributed by atoms with E-state index in [0.29, 0.717) is 6.42 Å². The van der Waals surface area contributed by atoms with Crippen molar-refractivity contribution in [2.45, 2.75) is 52.6 Å². The summed E-state index contributed by atoms with van der Waals surface area (Å²) < 4.78 is 5.94. The first-order chi connectivity index (χ1) is 9.62. The van der Waals surface area contributed by atoms with Gasteiger partial charge in [-0.05, 0) is 31.3 Å². The van der Waals surface area contributed by atoms with Crippen LogP contribution in [0.2, 0.25) is 5.02 Å². The second-order valence-electron chi connectivity index (χ2n) is 4.62. The number of rotatable bonds is 6. The van der Waals surface area contributed by atoms with Crippen molar-refractivity contribution in [2.24, 2.45) is 5.73 Å². The van der Waals surface area contributed by atoms with Crippen molar-refractivity contribution in [2.75, 3.05) is 0 Å². The second kappa shape index (κ2) is 6.65. The molecule has 0 aromatic carbocycles. The summed E-state index contributed by atoms with van der Waals surface area (Å²) in [5, 5.41) is 9.39. The molecule has 1 atom stereocenters. The molecule has 0 aliphatic carbocycles. The van der Waals surface area contributed by atoms with E-state index >= 15 is 0 Å². The molecule has 2 aromatic rings. The van der Waals surface area contributed by atoms with Crippen molar-refractivity contribution in [3.63, 3.8) is 0 Å². The Morgan fingerprint density at radius 3 is 2.55 bits per heavy atom. The zero-order chi connectivity index (χ0) is 14.7. The normalized spacial score (nSPS) is 12.8. The molecule has 0 aliphatic heterocycles. The van der Waals surface area contributed by atoms with Crippen molar-refractivity contribution in [1.82, 2.24) is 19.4 Å². The van der Waals surface area contributed by atoms with E-state index in [-0.39, 0.29) is 6.04 Å². The molecule has 2 aromatic heterocycles. The van der Waals surface area contributed by atoms with Gasteiger partial charge in [-0.2, -0.15) is 5.10 Å². The maximum absolute atomic E-state index is 6.42. The third-order valence-electron chi connectivity index (χ3n) is 3.36. The molecule has 0 bridgehead atoms. The predicted octanol–water partition coefficient (Wildman–Crippen LogP) is 2.78. The van der Waals surface area contributed by atoms with Crippen LogP contribution in [0.25, 0.3) is 0 Å². The van der Waals surface area contributed by atoms with E-state index in [1.165, 1.54) is 11.5 Å². The molecule has 0 radical (unpaired) electrons. The van der Waals surface area contributed by atoms with E-state index < -0.39 is 0 Å². The van der Waals surface area contributed by atoms with Crippen molar-refractivity contribution in [3.05, 3.63) is 27.0 Å². The van der Waals surface area contributed by atoms with Gasteiger partial charge in [0.15, 0.2) is 0 Å². The Morgan fingerprint density at radius 2 is 1.95 bits per heavy atom. The fourth-order valence-electron chi connectivity index (χ4n) is 2.26. The van der Waals surface area contributed by atoms with Gasteiger partial charge in [-0.3, -0.25) is 4.68 Å². The van der Waals surface area contributed by atoms with E-state index in [9.17, 15) is 0 Å². The molecular formula is C13H20ClN5S. The second-order valence-corrected chi connectivity index (χ2v) is 5.79. The Kier molecular flexibility index (Phi) is 5.12. The number of hydrogen-bond donors (Lipinski definition) is 1. The third-order valence-corrected chi connectivity index (χ3v) is 4.70. The molecule has 110 valence electrons. The summed E-state index contributed by atoms with van der Waals surface area (Å²) in [6.45, 7) is 6.97. The molecule has 1 unspecified atom stereocenters. The van der Waals surface area contributed by atoms with Gasteiger partial charge >= 0.3 is 0 Å². The molecule has 0 fully saturated rings. The van der Waals surface area contributed by atoms with Crippen LogP contribution < -0.4 is 5.73 Å². The molecule has 7 heteroatoms. The Labute approximate surface area is 128 Å². The lowest BCUT2D eigenvalue weighted by atomic mass is 10.1. The molecule has 0 saturated carbocycles. The largest absolute Gasteiger partial charge is 0.323 e. The number of aryl methyl sites for hydroxylation is 3. The van der Waals surface area contributed by atoms with E-state index in [2.05, 4.69) is 35.5 Å². The van der Waals surface area contributed by atoms with Gasteiger partial charge in [0.2, 0.25) is 0 Å². The van der Waals surface area contributed by atoms with Crippen LogP contribution in [-0.4, -0.2) is 19.4 Å². The molecule has 0 aliphatic rings. The van der Waals surface area contributed by atoms with E-state index in [1.54, 1.807) is 0 Å². The maximum atomic E-state index is 6.42. The zero-order valence-corrected chi connectivity index (χ0v) is 13.6. The van der Waals surface area contributed by atoms with Gasteiger partial charge in [-0.1, -0.05) is 29.9 Å². The minimum Gasteiger partial charge on any atom is -0.323 e. The van der Waals surface area contributed by atoms with Gasteiger partial charge in [0.05, 0.1) is 27.0 Å². The average molecular weight is 314 g/mol. The first-order valence-corrected chi connectivity index (χ1v) is 8.08. The molecule has 20 heavy (non-hydrogen) atoms. The number of aromatic nitrogens is 4. The van der Waals surface area contributed by atoms with E-state index in [1.807, 2.05) is 4.68 Å². The Bertz CT molecular complexity index is 577.